The number of allylic oxidation sites excluding steroid dienone is 4. The number of benzene rings is 4. The molecule has 168 valence electrons. The molecule has 0 radical (unpaired) electrons. The summed E-state index contributed by atoms with van der Waals surface area (Å²) in [6.07, 6.45) is 8.28. The highest BCUT2D eigenvalue weighted by Gasteiger charge is 2.16. The van der Waals surface area contributed by atoms with Crippen LogP contribution in [0.25, 0.3) is 33.4 Å². The van der Waals surface area contributed by atoms with Gasteiger partial charge in [0.1, 0.15) is 0 Å². The Labute approximate surface area is 204 Å². The predicted molar refractivity (Wildman–Crippen MR) is 147 cm³/mol. The molecule has 34 heavy (non-hydrogen) atoms. The Hall–Kier alpha value is -3.64. The summed E-state index contributed by atoms with van der Waals surface area (Å²) in [7, 11) is 0. The van der Waals surface area contributed by atoms with Crippen molar-refractivity contribution in [1.29, 1.82) is 0 Å². The van der Waals surface area contributed by atoms with E-state index in [-0.39, 0.29) is 0 Å². The summed E-state index contributed by atoms with van der Waals surface area (Å²) in [5.74, 6) is 0.450. The van der Waals surface area contributed by atoms with E-state index in [0.717, 1.165) is 6.42 Å². The van der Waals surface area contributed by atoms with Crippen LogP contribution in [0.3, 0.4) is 0 Å². The molecule has 0 aliphatic heterocycles. The number of hydrogen-bond donors (Lipinski definition) is 0. The third-order valence-electron chi connectivity index (χ3n) is 6.92. The van der Waals surface area contributed by atoms with Gasteiger partial charge in [0.15, 0.2) is 0 Å². The third-order valence-corrected chi connectivity index (χ3v) is 6.92. The monoisotopic (exact) mass is 440 g/mol. The topological polar surface area (TPSA) is 0 Å². The molecule has 4 aromatic rings. The molecule has 0 amide bonds. The van der Waals surface area contributed by atoms with Gasteiger partial charge >= 0.3 is 0 Å². The zero-order valence-corrected chi connectivity index (χ0v) is 20.2. The van der Waals surface area contributed by atoms with E-state index in [0.29, 0.717) is 5.92 Å². The summed E-state index contributed by atoms with van der Waals surface area (Å²) >= 11 is 0. The van der Waals surface area contributed by atoms with Crippen LogP contribution < -0.4 is 0 Å². The van der Waals surface area contributed by atoms with Gasteiger partial charge in [-0.05, 0) is 82.5 Å². The van der Waals surface area contributed by atoms with Gasteiger partial charge in [-0.3, -0.25) is 0 Å². The van der Waals surface area contributed by atoms with Crippen LogP contribution in [0.1, 0.15) is 44.6 Å². The summed E-state index contributed by atoms with van der Waals surface area (Å²) in [6, 6.07) is 37.5. The van der Waals surface area contributed by atoms with Crippen molar-refractivity contribution in [2.75, 3.05) is 0 Å². The minimum atomic E-state index is 0.450. The Morgan fingerprint density at radius 1 is 0.618 bits per heavy atom. The second-order valence-electron chi connectivity index (χ2n) is 9.38. The fourth-order valence-corrected chi connectivity index (χ4v) is 5.04. The second-order valence-corrected chi connectivity index (χ2v) is 9.38. The second kappa shape index (κ2) is 10.1. The molecular formula is C34H32. The lowest BCUT2D eigenvalue weighted by atomic mass is 9.83. The highest BCUT2D eigenvalue weighted by atomic mass is 14.2. The highest BCUT2D eigenvalue weighted by molar-refractivity contribution is 5.81. The highest BCUT2D eigenvalue weighted by Crippen LogP contribution is 2.36. The van der Waals surface area contributed by atoms with Gasteiger partial charge in [-0.1, -0.05) is 116 Å². The van der Waals surface area contributed by atoms with E-state index in [1.807, 2.05) is 0 Å². The standard InChI is InChI=1S/C34H32/c1-3-11-26-18-19-31(20-25(26)2)29-16-10-17-30(21-29)34-23-32(27-12-6-4-7-13-27)22-33(24-34)28-14-8-5-9-15-28/h4-10,12-19,21-24,31H,3,11,20H2,1-2H3. The van der Waals surface area contributed by atoms with E-state index in [1.165, 1.54) is 62.9 Å². The van der Waals surface area contributed by atoms with Crippen LogP contribution in [0.4, 0.5) is 0 Å². The van der Waals surface area contributed by atoms with Crippen molar-refractivity contribution < 1.29 is 0 Å². The van der Waals surface area contributed by atoms with Crippen LogP contribution in [0.15, 0.2) is 126 Å². The van der Waals surface area contributed by atoms with Crippen molar-refractivity contribution in [1.82, 2.24) is 0 Å². The largest absolute Gasteiger partial charge is 0.0764 e. The first-order valence-corrected chi connectivity index (χ1v) is 12.4. The SMILES string of the molecule is CCCC1=C(C)CC(c2cccc(-c3cc(-c4ccccc4)cc(-c4ccccc4)c3)c2)C=C1. The summed E-state index contributed by atoms with van der Waals surface area (Å²) in [5, 5.41) is 0. The van der Waals surface area contributed by atoms with Crippen LogP contribution in [-0.4, -0.2) is 0 Å². The van der Waals surface area contributed by atoms with Crippen molar-refractivity contribution >= 4 is 0 Å². The average Bonchev–Trinajstić information content (AvgIpc) is 2.91. The molecule has 0 heterocycles. The van der Waals surface area contributed by atoms with Gasteiger partial charge in [-0.15, -0.1) is 0 Å². The van der Waals surface area contributed by atoms with E-state index in [2.05, 4.69) is 129 Å². The third kappa shape index (κ3) is 4.82. The van der Waals surface area contributed by atoms with Crippen molar-refractivity contribution in [3.63, 3.8) is 0 Å². The lowest BCUT2D eigenvalue weighted by Crippen LogP contribution is -2.03. The first-order valence-electron chi connectivity index (χ1n) is 12.4. The zero-order chi connectivity index (χ0) is 23.3. The van der Waals surface area contributed by atoms with Gasteiger partial charge in [0.25, 0.3) is 0 Å². The van der Waals surface area contributed by atoms with Gasteiger partial charge in [0.05, 0.1) is 0 Å². The van der Waals surface area contributed by atoms with Crippen LogP contribution in [0, 0.1) is 0 Å². The molecule has 1 aliphatic carbocycles. The zero-order valence-electron chi connectivity index (χ0n) is 20.2. The number of rotatable bonds is 6. The van der Waals surface area contributed by atoms with E-state index in [9.17, 15) is 0 Å². The number of hydrogen-bond acceptors (Lipinski definition) is 0. The Kier molecular flexibility index (Phi) is 6.58. The van der Waals surface area contributed by atoms with Crippen LogP contribution in [0.2, 0.25) is 0 Å². The minimum Gasteiger partial charge on any atom is -0.0764 e. The average molecular weight is 441 g/mol. The Morgan fingerprint density at radius 2 is 1.18 bits per heavy atom. The lowest BCUT2D eigenvalue weighted by Gasteiger charge is -2.21. The Bertz CT molecular complexity index is 1270. The van der Waals surface area contributed by atoms with Gasteiger partial charge in [0, 0.05) is 5.92 Å². The fourth-order valence-electron chi connectivity index (χ4n) is 5.04. The van der Waals surface area contributed by atoms with Crippen molar-refractivity contribution in [2.24, 2.45) is 0 Å². The molecule has 0 saturated carbocycles. The predicted octanol–water partition coefficient (Wildman–Crippen LogP) is 9.85. The smallest absolute Gasteiger partial charge is 0.00586 e. The maximum atomic E-state index is 2.41. The van der Waals surface area contributed by atoms with Gasteiger partial charge in [0.2, 0.25) is 0 Å². The molecule has 0 saturated heterocycles. The maximum absolute atomic E-state index is 2.41. The van der Waals surface area contributed by atoms with E-state index < -0.39 is 0 Å². The fraction of sp³-hybridized carbons (Fsp3) is 0.176. The molecule has 5 rings (SSSR count). The molecule has 0 aromatic heterocycles. The molecule has 0 bridgehead atoms. The van der Waals surface area contributed by atoms with E-state index in [1.54, 1.807) is 0 Å². The van der Waals surface area contributed by atoms with E-state index in [4.69, 9.17) is 0 Å². The minimum absolute atomic E-state index is 0.450. The molecular weight excluding hydrogens is 408 g/mol. The molecule has 0 nitrogen and oxygen atoms in total. The van der Waals surface area contributed by atoms with Gasteiger partial charge in [-0.25, -0.2) is 0 Å². The molecule has 1 unspecified atom stereocenters. The van der Waals surface area contributed by atoms with Gasteiger partial charge in [-0.2, -0.15) is 0 Å². The van der Waals surface area contributed by atoms with Crippen molar-refractivity contribution in [2.45, 2.75) is 39.0 Å². The summed E-state index contributed by atoms with van der Waals surface area (Å²) in [6.45, 7) is 4.57. The quantitative estimate of drug-likeness (QED) is 0.280. The van der Waals surface area contributed by atoms with Crippen molar-refractivity contribution in [3.8, 4) is 33.4 Å². The van der Waals surface area contributed by atoms with Gasteiger partial charge < -0.3 is 0 Å². The summed E-state index contributed by atoms with van der Waals surface area (Å²) < 4.78 is 0. The van der Waals surface area contributed by atoms with Crippen molar-refractivity contribution in [3.05, 3.63) is 132 Å². The Balaban J connectivity index is 1.55. The first kappa shape index (κ1) is 22.2. The summed E-state index contributed by atoms with van der Waals surface area (Å²) in [4.78, 5) is 0. The lowest BCUT2D eigenvalue weighted by molar-refractivity contribution is 0.779. The Morgan fingerprint density at radius 3 is 1.74 bits per heavy atom. The van der Waals surface area contributed by atoms with Crippen LogP contribution in [0.5, 0.6) is 0 Å². The normalized spacial score (nSPS) is 15.5. The molecule has 0 N–H and O–H groups in total. The van der Waals surface area contributed by atoms with E-state index >= 15 is 0 Å². The molecule has 1 atom stereocenters. The molecule has 0 heteroatoms. The molecule has 1 aliphatic rings. The molecule has 0 fully saturated rings. The molecule has 0 spiro atoms. The summed E-state index contributed by atoms with van der Waals surface area (Å²) in [5.41, 5.74) is 12.0. The van der Waals surface area contributed by atoms with Crippen LogP contribution in [-0.2, 0) is 0 Å². The maximum Gasteiger partial charge on any atom is 0.00586 e. The molecule has 4 aromatic carbocycles. The van der Waals surface area contributed by atoms with Crippen LogP contribution >= 0.6 is 0 Å². The first-order chi connectivity index (χ1) is 16.7.